The molecule has 1 aromatic carbocycles. The Bertz CT molecular complexity index is 1140. The van der Waals surface area contributed by atoms with Gasteiger partial charge >= 0.3 is 0 Å². The summed E-state index contributed by atoms with van der Waals surface area (Å²) in [5, 5.41) is 8.97. The zero-order chi connectivity index (χ0) is 19.9. The van der Waals surface area contributed by atoms with Gasteiger partial charge in [0.05, 0.1) is 16.8 Å². The van der Waals surface area contributed by atoms with Crippen LogP contribution in [0, 0.1) is 12.8 Å². The van der Waals surface area contributed by atoms with Crippen molar-refractivity contribution in [3.63, 3.8) is 0 Å². The smallest absolute Gasteiger partial charge is 0.223 e. The van der Waals surface area contributed by atoms with Gasteiger partial charge in [-0.1, -0.05) is 16.8 Å². The summed E-state index contributed by atoms with van der Waals surface area (Å²) < 4.78 is 33.2. The maximum absolute atomic E-state index is 11.4. The number of ether oxygens (including phenoxy) is 1. The average molecular weight is 422 g/mol. The number of hydrogen-bond donors (Lipinski definition) is 1. The Labute approximate surface area is 167 Å². The molecular weight excluding hydrogens is 402 g/mol. The summed E-state index contributed by atoms with van der Waals surface area (Å²) in [5.74, 6) is 1.57. The van der Waals surface area contributed by atoms with Crippen molar-refractivity contribution in [1.29, 1.82) is 0 Å². The molecule has 0 unspecified atom stereocenters. The Morgan fingerprint density at radius 2 is 2.14 bits per heavy atom. The topological polar surface area (TPSA) is 99.0 Å². The first kappa shape index (κ1) is 19.1. The highest BCUT2D eigenvalue weighted by atomic mass is 35.5. The average Bonchev–Trinajstić information content (AvgIpc) is 3.35. The number of aromatic nitrogens is 4. The lowest BCUT2D eigenvalue weighted by Crippen LogP contribution is -2.21. The van der Waals surface area contributed by atoms with Crippen LogP contribution in [0.5, 0.6) is 11.6 Å². The van der Waals surface area contributed by atoms with Gasteiger partial charge in [-0.05, 0) is 43.9 Å². The third-order valence-electron chi connectivity index (χ3n) is 4.64. The van der Waals surface area contributed by atoms with E-state index in [9.17, 15) is 8.42 Å². The minimum absolute atomic E-state index is 0.0284. The fraction of sp³-hybridized carbons (Fsp3) is 0.389. The summed E-state index contributed by atoms with van der Waals surface area (Å²) in [6.45, 7) is 2.83. The number of sulfonamides is 1. The minimum atomic E-state index is -3.36. The van der Waals surface area contributed by atoms with Crippen LogP contribution in [-0.4, -0.2) is 34.7 Å². The molecule has 1 saturated carbocycles. The molecule has 0 aliphatic heterocycles. The lowest BCUT2D eigenvalue weighted by atomic mass is 10.2. The fourth-order valence-electron chi connectivity index (χ4n) is 2.94. The van der Waals surface area contributed by atoms with Crippen molar-refractivity contribution < 1.29 is 13.2 Å². The molecule has 0 amide bonds. The maximum atomic E-state index is 11.4. The number of fused-ring (bicyclic) bond motifs is 1. The van der Waals surface area contributed by atoms with Gasteiger partial charge in [-0.3, -0.25) is 0 Å². The molecule has 0 radical (unpaired) electrons. The van der Waals surface area contributed by atoms with Gasteiger partial charge in [0.25, 0.3) is 0 Å². The van der Waals surface area contributed by atoms with Gasteiger partial charge in [0.1, 0.15) is 11.3 Å². The Kier molecular flexibility index (Phi) is 4.98. The van der Waals surface area contributed by atoms with Gasteiger partial charge < -0.3 is 4.74 Å². The molecule has 1 aliphatic carbocycles. The summed E-state index contributed by atoms with van der Waals surface area (Å²) in [4.78, 5) is 4.22. The minimum Gasteiger partial charge on any atom is -0.438 e. The summed E-state index contributed by atoms with van der Waals surface area (Å²) in [6, 6.07) is 5.42. The predicted molar refractivity (Wildman–Crippen MR) is 106 cm³/mol. The number of aryl methyl sites for hydroxylation is 1. The van der Waals surface area contributed by atoms with Crippen molar-refractivity contribution in [2.75, 3.05) is 6.26 Å². The summed E-state index contributed by atoms with van der Waals surface area (Å²) in [7, 11) is -3.36. The van der Waals surface area contributed by atoms with Gasteiger partial charge in [-0.2, -0.15) is 0 Å². The van der Waals surface area contributed by atoms with Crippen LogP contribution >= 0.6 is 11.6 Å². The molecule has 4 rings (SSSR count). The number of rotatable bonds is 7. The zero-order valence-corrected chi connectivity index (χ0v) is 17.1. The van der Waals surface area contributed by atoms with Crippen LogP contribution < -0.4 is 9.46 Å². The second-order valence-corrected chi connectivity index (χ2v) is 9.35. The van der Waals surface area contributed by atoms with E-state index in [4.69, 9.17) is 16.3 Å². The number of nitrogens with one attached hydrogen (secondary N) is 1. The third kappa shape index (κ3) is 4.26. The highest BCUT2D eigenvalue weighted by Gasteiger charge is 2.24. The van der Waals surface area contributed by atoms with Gasteiger partial charge in [-0.15, -0.1) is 5.10 Å². The number of hydrogen-bond acceptors (Lipinski definition) is 6. The number of nitrogens with zero attached hydrogens (tertiary/aromatic N) is 4. The Hall–Kier alpha value is -2.23. The maximum Gasteiger partial charge on any atom is 0.223 e. The van der Waals surface area contributed by atoms with Crippen molar-refractivity contribution in [1.82, 2.24) is 24.7 Å². The largest absolute Gasteiger partial charge is 0.438 e. The Morgan fingerprint density at radius 3 is 2.86 bits per heavy atom. The number of benzene rings is 1. The van der Waals surface area contributed by atoms with Crippen molar-refractivity contribution in [2.24, 2.45) is 5.92 Å². The molecule has 1 N–H and O–H groups in total. The molecule has 0 spiro atoms. The van der Waals surface area contributed by atoms with Crippen LogP contribution in [0.4, 0.5) is 0 Å². The van der Waals surface area contributed by atoms with Crippen LogP contribution in [-0.2, 0) is 23.1 Å². The number of pyridine rings is 1. The van der Waals surface area contributed by atoms with E-state index < -0.39 is 10.0 Å². The van der Waals surface area contributed by atoms with E-state index in [0.29, 0.717) is 22.3 Å². The quantitative estimate of drug-likeness (QED) is 0.629. The predicted octanol–water partition coefficient (Wildman–Crippen LogP) is 3.04. The van der Waals surface area contributed by atoms with Gasteiger partial charge in [-0.25, -0.2) is 22.8 Å². The lowest BCUT2D eigenvalue weighted by molar-refractivity contribution is 0.452. The zero-order valence-electron chi connectivity index (χ0n) is 15.5. The molecule has 2 aromatic heterocycles. The van der Waals surface area contributed by atoms with E-state index in [2.05, 4.69) is 20.0 Å². The summed E-state index contributed by atoms with van der Waals surface area (Å²) in [5.41, 5.74) is 3.14. The molecule has 28 heavy (non-hydrogen) atoms. The summed E-state index contributed by atoms with van der Waals surface area (Å²) in [6.07, 6.45) is 5.04. The van der Waals surface area contributed by atoms with Gasteiger partial charge in [0.15, 0.2) is 0 Å². The van der Waals surface area contributed by atoms with E-state index in [1.165, 1.54) is 19.0 Å². The molecule has 0 atom stereocenters. The van der Waals surface area contributed by atoms with Crippen LogP contribution in [0.3, 0.4) is 0 Å². The monoisotopic (exact) mass is 421 g/mol. The molecule has 3 aromatic rings. The highest BCUT2D eigenvalue weighted by Crippen LogP contribution is 2.34. The molecule has 2 heterocycles. The van der Waals surface area contributed by atoms with E-state index in [1.54, 1.807) is 6.07 Å². The summed E-state index contributed by atoms with van der Waals surface area (Å²) >= 11 is 6.01. The fourth-order valence-corrected chi connectivity index (χ4v) is 3.54. The molecule has 0 bridgehead atoms. The molecule has 148 valence electrons. The Balaban J connectivity index is 1.63. The molecule has 8 nitrogen and oxygen atoms in total. The van der Waals surface area contributed by atoms with Crippen LogP contribution in [0.25, 0.3) is 11.0 Å². The Morgan fingerprint density at radius 1 is 1.36 bits per heavy atom. The van der Waals surface area contributed by atoms with E-state index in [0.717, 1.165) is 29.4 Å². The van der Waals surface area contributed by atoms with Crippen molar-refractivity contribution in [2.45, 2.75) is 32.9 Å². The second-order valence-electron chi connectivity index (χ2n) is 7.08. The van der Waals surface area contributed by atoms with Crippen LogP contribution in [0.2, 0.25) is 5.02 Å². The molecular formula is C18H20ClN5O3S. The van der Waals surface area contributed by atoms with E-state index >= 15 is 0 Å². The van der Waals surface area contributed by atoms with Gasteiger partial charge in [0.2, 0.25) is 15.9 Å². The van der Waals surface area contributed by atoms with Crippen LogP contribution in [0.1, 0.15) is 24.0 Å². The van der Waals surface area contributed by atoms with Gasteiger partial charge in [0, 0.05) is 30.4 Å². The first-order valence-corrected chi connectivity index (χ1v) is 11.2. The molecule has 10 heteroatoms. The van der Waals surface area contributed by atoms with Crippen LogP contribution in [0.15, 0.2) is 24.4 Å². The highest BCUT2D eigenvalue weighted by molar-refractivity contribution is 7.88. The van der Waals surface area contributed by atoms with Crippen molar-refractivity contribution >= 4 is 32.7 Å². The molecule has 1 fully saturated rings. The second kappa shape index (κ2) is 7.31. The first-order valence-electron chi connectivity index (χ1n) is 8.90. The van der Waals surface area contributed by atoms with E-state index in [1.807, 2.05) is 23.7 Å². The SMILES string of the molecule is Cc1c(Oc2ncc(Cl)cc2CNS(C)(=O)=O)ccc2c1nnn2CC1CC1. The van der Waals surface area contributed by atoms with E-state index in [-0.39, 0.29) is 12.4 Å². The van der Waals surface area contributed by atoms with Crippen molar-refractivity contribution in [3.05, 3.63) is 40.5 Å². The molecule has 1 aliphatic rings. The third-order valence-corrected chi connectivity index (χ3v) is 5.52. The lowest BCUT2D eigenvalue weighted by Gasteiger charge is -2.13. The number of halogens is 1. The standard InChI is InChI=1S/C18H20ClN5O3S/c1-11-16(6-5-15-17(11)22-23-24(15)10-12-3-4-12)27-18-13(7-14(19)9-20-18)8-21-28(2,25)26/h5-7,9,12,21H,3-4,8,10H2,1-2H3. The molecule has 0 saturated heterocycles. The first-order chi connectivity index (χ1) is 13.3. The normalized spacial score (nSPS) is 14.5. The van der Waals surface area contributed by atoms with Crippen molar-refractivity contribution in [3.8, 4) is 11.6 Å².